The van der Waals surface area contributed by atoms with Gasteiger partial charge in [-0.3, -0.25) is 10.3 Å². The lowest BCUT2D eigenvalue weighted by Crippen LogP contribution is -2.06. The third-order valence-corrected chi connectivity index (χ3v) is 2.93. The summed E-state index contributed by atoms with van der Waals surface area (Å²) < 4.78 is 44.2. The van der Waals surface area contributed by atoms with Gasteiger partial charge in [0, 0.05) is 0 Å². The molecule has 0 aliphatic rings. The summed E-state index contributed by atoms with van der Waals surface area (Å²) in [6.07, 6.45) is -1.17. The maximum Gasteiger partial charge on any atom is 0.315 e. The van der Waals surface area contributed by atoms with Crippen molar-refractivity contribution in [3.8, 4) is 0 Å². The molecule has 0 fully saturated rings. The van der Waals surface area contributed by atoms with Crippen LogP contribution < -0.4 is 11.1 Å². The van der Waals surface area contributed by atoms with Gasteiger partial charge < -0.3 is 5.32 Å². The third kappa shape index (κ3) is 3.11. The number of anilines is 2. The number of hydrogen-bond donors (Lipinski definition) is 2. The first-order valence-electron chi connectivity index (χ1n) is 4.83. The first-order valence-corrected chi connectivity index (χ1v) is 6.27. The van der Waals surface area contributed by atoms with E-state index in [1.165, 1.54) is 18.2 Å². The molecule has 1 aromatic heterocycles. The molecule has 3 N–H and O–H groups in total. The van der Waals surface area contributed by atoms with Crippen molar-refractivity contribution in [2.75, 3.05) is 5.32 Å². The standard InChI is InChI=1S/C9H7FN5O3S/c10-7-13-8(11)15-9(14-7)12-5-3-1-2-4-6(5)19(16,17)18/h1-4,11H,(H,16,17,18)(H,12,13,14,15). The molecule has 1 aromatic carbocycles. The van der Waals surface area contributed by atoms with E-state index in [0.717, 1.165) is 6.07 Å². The quantitative estimate of drug-likeness (QED) is 0.801. The number of para-hydroxylation sites is 1. The maximum atomic E-state index is 12.9. The second-order valence-electron chi connectivity index (χ2n) is 3.35. The topological polar surface area (TPSA) is 129 Å². The number of halogens is 1. The molecule has 0 aliphatic carbocycles. The van der Waals surface area contributed by atoms with Gasteiger partial charge in [0.05, 0.1) is 5.69 Å². The van der Waals surface area contributed by atoms with Crippen molar-refractivity contribution in [2.45, 2.75) is 4.90 Å². The summed E-state index contributed by atoms with van der Waals surface area (Å²) in [7, 11) is -4.45. The average molecular weight is 284 g/mol. The molecule has 2 rings (SSSR count). The largest absolute Gasteiger partial charge is 0.323 e. The number of hydrogen-bond acceptors (Lipinski definition) is 6. The van der Waals surface area contributed by atoms with Gasteiger partial charge in [0.15, 0.2) is 0 Å². The van der Waals surface area contributed by atoms with Crippen molar-refractivity contribution in [3.63, 3.8) is 0 Å². The zero-order valence-corrected chi connectivity index (χ0v) is 10.0. The molecule has 0 atom stereocenters. The van der Waals surface area contributed by atoms with E-state index in [-0.39, 0.29) is 11.6 Å². The van der Waals surface area contributed by atoms with Gasteiger partial charge >= 0.3 is 6.08 Å². The van der Waals surface area contributed by atoms with Crippen molar-refractivity contribution < 1.29 is 17.4 Å². The van der Waals surface area contributed by atoms with Crippen LogP contribution in [0.4, 0.5) is 22.0 Å². The molecule has 0 unspecified atom stereocenters. The van der Waals surface area contributed by atoms with Crippen LogP contribution in [0.3, 0.4) is 0 Å². The predicted molar refractivity (Wildman–Crippen MR) is 62.1 cm³/mol. The molecular weight excluding hydrogens is 277 g/mol. The molecule has 1 radical (unpaired) electrons. The molecule has 0 bridgehead atoms. The van der Waals surface area contributed by atoms with Crippen molar-refractivity contribution >= 4 is 27.7 Å². The number of nitrogens with one attached hydrogen (secondary N) is 2. The highest BCUT2D eigenvalue weighted by molar-refractivity contribution is 7.86. The van der Waals surface area contributed by atoms with Crippen molar-refractivity contribution in [1.82, 2.24) is 20.7 Å². The molecule has 8 nitrogen and oxygen atoms in total. The maximum absolute atomic E-state index is 12.9. The van der Waals surface area contributed by atoms with Gasteiger partial charge in [-0.1, -0.05) is 12.1 Å². The van der Waals surface area contributed by atoms with Gasteiger partial charge in [-0.15, -0.1) is 0 Å². The lowest BCUT2D eigenvalue weighted by Gasteiger charge is -2.08. The molecular formula is C9H7FN5O3S. The minimum absolute atomic E-state index is 0.0463. The summed E-state index contributed by atoms with van der Waals surface area (Å²) in [5.74, 6) is -0.951. The van der Waals surface area contributed by atoms with E-state index >= 15 is 0 Å². The van der Waals surface area contributed by atoms with Crippen LogP contribution in [0.25, 0.3) is 0 Å². The van der Waals surface area contributed by atoms with Crippen LogP contribution in [0.1, 0.15) is 0 Å². The van der Waals surface area contributed by atoms with E-state index in [9.17, 15) is 12.8 Å². The van der Waals surface area contributed by atoms with Gasteiger partial charge in [0.25, 0.3) is 10.1 Å². The van der Waals surface area contributed by atoms with Crippen LogP contribution >= 0.6 is 0 Å². The Morgan fingerprint density at radius 3 is 2.53 bits per heavy atom. The second-order valence-corrected chi connectivity index (χ2v) is 4.74. The van der Waals surface area contributed by atoms with Crippen LogP contribution in [0.2, 0.25) is 0 Å². The SMILES string of the molecule is [NH]c1nc(F)nc(Nc2ccccc2S(=O)(=O)O)n1. The van der Waals surface area contributed by atoms with Crippen LogP contribution in [0, 0.1) is 6.08 Å². The monoisotopic (exact) mass is 284 g/mol. The highest BCUT2D eigenvalue weighted by Gasteiger charge is 2.16. The molecule has 19 heavy (non-hydrogen) atoms. The average Bonchev–Trinajstić information content (AvgIpc) is 2.26. The zero-order chi connectivity index (χ0) is 14.0. The Hall–Kier alpha value is -2.33. The molecule has 1 heterocycles. The Morgan fingerprint density at radius 2 is 1.89 bits per heavy atom. The zero-order valence-electron chi connectivity index (χ0n) is 9.20. The van der Waals surface area contributed by atoms with E-state index in [4.69, 9.17) is 10.3 Å². The van der Waals surface area contributed by atoms with Gasteiger partial charge in [-0.25, -0.2) is 0 Å². The number of nitrogens with zero attached hydrogens (tertiary/aromatic N) is 3. The summed E-state index contributed by atoms with van der Waals surface area (Å²) >= 11 is 0. The van der Waals surface area contributed by atoms with E-state index in [1.807, 2.05) is 0 Å². The van der Waals surface area contributed by atoms with E-state index < -0.39 is 27.0 Å². The third-order valence-electron chi connectivity index (χ3n) is 2.02. The van der Waals surface area contributed by atoms with Gasteiger partial charge in [0.1, 0.15) is 4.90 Å². The lowest BCUT2D eigenvalue weighted by atomic mass is 10.3. The van der Waals surface area contributed by atoms with Crippen LogP contribution in [-0.4, -0.2) is 27.9 Å². The number of rotatable bonds is 3. The first kappa shape index (κ1) is 13.1. The fraction of sp³-hybridized carbons (Fsp3) is 0. The molecule has 0 saturated carbocycles. The Morgan fingerprint density at radius 1 is 1.21 bits per heavy atom. The summed E-state index contributed by atoms with van der Waals surface area (Å²) in [5.41, 5.74) is 7.06. The number of aromatic nitrogens is 3. The van der Waals surface area contributed by atoms with Crippen LogP contribution in [0.15, 0.2) is 29.2 Å². The number of benzene rings is 1. The molecule has 0 amide bonds. The first-order chi connectivity index (χ1) is 8.86. The van der Waals surface area contributed by atoms with Crippen molar-refractivity contribution in [3.05, 3.63) is 30.3 Å². The molecule has 2 aromatic rings. The fourth-order valence-corrected chi connectivity index (χ4v) is 1.97. The molecule has 0 spiro atoms. The normalized spacial score (nSPS) is 11.3. The van der Waals surface area contributed by atoms with E-state index in [0.29, 0.717) is 0 Å². The predicted octanol–water partition coefficient (Wildman–Crippen LogP) is 0.915. The van der Waals surface area contributed by atoms with Gasteiger partial charge in [0.2, 0.25) is 11.9 Å². The smallest absolute Gasteiger partial charge is 0.315 e. The lowest BCUT2D eigenvalue weighted by molar-refractivity contribution is 0.483. The van der Waals surface area contributed by atoms with E-state index in [1.54, 1.807) is 0 Å². The van der Waals surface area contributed by atoms with Gasteiger partial charge in [-0.2, -0.15) is 27.8 Å². The summed E-state index contributed by atoms with van der Waals surface area (Å²) in [5, 5.41) is 2.40. The molecule has 0 aliphatic heterocycles. The highest BCUT2D eigenvalue weighted by Crippen LogP contribution is 2.23. The fourth-order valence-electron chi connectivity index (χ4n) is 1.32. The van der Waals surface area contributed by atoms with Crippen LogP contribution in [-0.2, 0) is 10.1 Å². The molecule has 10 heteroatoms. The van der Waals surface area contributed by atoms with Crippen LogP contribution in [0.5, 0.6) is 0 Å². The van der Waals surface area contributed by atoms with Crippen molar-refractivity contribution in [2.24, 2.45) is 0 Å². The molecule has 99 valence electrons. The summed E-state index contributed by atoms with van der Waals surface area (Å²) in [6, 6.07) is 5.37. The Balaban J connectivity index is 2.44. The Bertz CT molecular complexity index is 701. The Kier molecular flexibility index (Phi) is 3.27. The summed E-state index contributed by atoms with van der Waals surface area (Å²) in [4.78, 5) is 9.33. The highest BCUT2D eigenvalue weighted by atomic mass is 32.2. The van der Waals surface area contributed by atoms with Gasteiger partial charge in [-0.05, 0) is 12.1 Å². The molecule has 0 saturated heterocycles. The summed E-state index contributed by atoms with van der Waals surface area (Å²) in [6.45, 7) is 0. The van der Waals surface area contributed by atoms with Crippen molar-refractivity contribution in [1.29, 1.82) is 0 Å². The second kappa shape index (κ2) is 4.74. The minimum Gasteiger partial charge on any atom is -0.323 e. The van der Waals surface area contributed by atoms with E-state index in [2.05, 4.69) is 20.3 Å². The minimum atomic E-state index is -4.45. The Labute approximate surface area is 107 Å².